The van der Waals surface area contributed by atoms with E-state index in [0.717, 1.165) is 42.0 Å². The summed E-state index contributed by atoms with van der Waals surface area (Å²) in [6.45, 7) is 10.5. The quantitative estimate of drug-likeness (QED) is 0.865. The monoisotopic (exact) mass is 340 g/mol. The molecule has 1 saturated heterocycles. The molecule has 1 aromatic carbocycles. The van der Waals surface area contributed by atoms with E-state index in [4.69, 9.17) is 9.72 Å². The van der Waals surface area contributed by atoms with Gasteiger partial charge in [0.1, 0.15) is 11.6 Å². The number of rotatable bonds is 5. The van der Waals surface area contributed by atoms with Crippen molar-refractivity contribution in [2.24, 2.45) is 5.92 Å². The second-order valence-corrected chi connectivity index (χ2v) is 7.18. The van der Waals surface area contributed by atoms with Crippen molar-refractivity contribution in [2.45, 2.75) is 46.6 Å². The molecular formula is C20H28N4O. The molecule has 0 unspecified atom stereocenters. The SMILES string of the molecule is Cc1cc(N2CCC(C)CC2)nc(Nc2ccc(OC(C)C)cc2)n1. The summed E-state index contributed by atoms with van der Waals surface area (Å²) in [5.74, 6) is 3.34. The maximum atomic E-state index is 5.68. The summed E-state index contributed by atoms with van der Waals surface area (Å²) in [7, 11) is 0. The Morgan fingerprint density at radius 2 is 1.80 bits per heavy atom. The van der Waals surface area contributed by atoms with Gasteiger partial charge in [-0.3, -0.25) is 0 Å². The molecule has 5 nitrogen and oxygen atoms in total. The number of hydrogen-bond acceptors (Lipinski definition) is 5. The predicted molar refractivity (Wildman–Crippen MR) is 103 cm³/mol. The zero-order valence-electron chi connectivity index (χ0n) is 15.6. The fourth-order valence-electron chi connectivity index (χ4n) is 3.03. The van der Waals surface area contributed by atoms with Crippen molar-refractivity contribution in [3.8, 4) is 5.75 Å². The summed E-state index contributed by atoms with van der Waals surface area (Å²) < 4.78 is 5.68. The lowest BCUT2D eigenvalue weighted by atomic mass is 9.99. The topological polar surface area (TPSA) is 50.3 Å². The maximum absolute atomic E-state index is 5.68. The Morgan fingerprint density at radius 1 is 1.12 bits per heavy atom. The van der Waals surface area contributed by atoms with Crippen molar-refractivity contribution in [1.29, 1.82) is 0 Å². The highest BCUT2D eigenvalue weighted by atomic mass is 16.5. The molecule has 25 heavy (non-hydrogen) atoms. The van der Waals surface area contributed by atoms with Crippen LogP contribution in [0.2, 0.25) is 0 Å². The predicted octanol–water partition coefficient (Wildman–Crippen LogP) is 4.55. The van der Waals surface area contributed by atoms with E-state index in [2.05, 4.69) is 28.2 Å². The van der Waals surface area contributed by atoms with Gasteiger partial charge in [0.05, 0.1) is 6.10 Å². The van der Waals surface area contributed by atoms with Crippen LogP contribution in [0.3, 0.4) is 0 Å². The molecule has 1 aliphatic rings. The van der Waals surface area contributed by atoms with E-state index in [1.165, 1.54) is 12.8 Å². The van der Waals surface area contributed by atoms with Crippen LogP contribution in [0.1, 0.15) is 39.3 Å². The average Bonchev–Trinajstić information content (AvgIpc) is 2.56. The summed E-state index contributed by atoms with van der Waals surface area (Å²) in [5.41, 5.74) is 1.94. The fourth-order valence-corrected chi connectivity index (χ4v) is 3.03. The number of ether oxygens (including phenoxy) is 1. The number of nitrogens with zero attached hydrogens (tertiary/aromatic N) is 3. The summed E-state index contributed by atoms with van der Waals surface area (Å²) in [6, 6.07) is 9.98. The number of anilines is 3. The third kappa shape index (κ3) is 4.84. The van der Waals surface area contributed by atoms with Gasteiger partial charge in [-0.2, -0.15) is 4.98 Å². The summed E-state index contributed by atoms with van der Waals surface area (Å²) in [4.78, 5) is 11.6. The van der Waals surface area contributed by atoms with Crippen LogP contribution in [0.15, 0.2) is 30.3 Å². The maximum Gasteiger partial charge on any atom is 0.229 e. The Balaban J connectivity index is 1.72. The largest absolute Gasteiger partial charge is 0.491 e. The number of piperidine rings is 1. The molecule has 0 aliphatic carbocycles. The molecule has 0 amide bonds. The normalized spacial score (nSPS) is 15.5. The molecule has 1 N–H and O–H groups in total. The van der Waals surface area contributed by atoms with Gasteiger partial charge >= 0.3 is 0 Å². The molecule has 1 fully saturated rings. The second kappa shape index (κ2) is 7.72. The first-order chi connectivity index (χ1) is 12.0. The highest BCUT2D eigenvalue weighted by Crippen LogP contribution is 2.24. The van der Waals surface area contributed by atoms with Crippen molar-refractivity contribution in [2.75, 3.05) is 23.3 Å². The van der Waals surface area contributed by atoms with Crippen LogP contribution in [0.25, 0.3) is 0 Å². The Morgan fingerprint density at radius 3 is 2.44 bits per heavy atom. The molecule has 0 atom stereocenters. The Hall–Kier alpha value is -2.30. The highest BCUT2D eigenvalue weighted by Gasteiger charge is 2.18. The number of aromatic nitrogens is 2. The third-order valence-corrected chi connectivity index (χ3v) is 4.43. The molecule has 1 aliphatic heterocycles. The standard InChI is InChI=1S/C20H28N4O/c1-14(2)25-18-7-5-17(6-8-18)22-20-21-16(4)13-19(23-20)24-11-9-15(3)10-12-24/h5-8,13-15H,9-12H2,1-4H3,(H,21,22,23). The molecule has 134 valence electrons. The van der Waals surface area contributed by atoms with Gasteiger partial charge in [0, 0.05) is 30.5 Å². The molecule has 0 saturated carbocycles. The van der Waals surface area contributed by atoms with Gasteiger partial charge in [0.2, 0.25) is 5.95 Å². The zero-order valence-corrected chi connectivity index (χ0v) is 15.6. The van der Waals surface area contributed by atoms with Gasteiger partial charge in [0.15, 0.2) is 0 Å². The van der Waals surface area contributed by atoms with Crippen LogP contribution in [-0.2, 0) is 0 Å². The minimum atomic E-state index is 0.175. The lowest BCUT2D eigenvalue weighted by molar-refractivity contribution is 0.242. The first-order valence-corrected chi connectivity index (χ1v) is 9.14. The van der Waals surface area contributed by atoms with Crippen LogP contribution >= 0.6 is 0 Å². The lowest BCUT2D eigenvalue weighted by Gasteiger charge is -2.31. The van der Waals surface area contributed by atoms with Gasteiger partial charge in [-0.25, -0.2) is 4.98 Å². The van der Waals surface area contributed by atoms with Crippen LogP contribution in [-0.4, -0.2) is 29.2 Å². The molecular weight excluding hydrogens is 312 g/mol. The molecule has 0 spiro atoms. The van der Waals surface area contributed by atoms with Gasteiger partial charge in [0.25, 0.3) is 0 Å². The molecule has 2 aromatic rings. The van der Waals surface area contributed by atoms with E-state index in [0.29, 0.717) is 5.95 Å². The Labute approximate surface area is 150 Å². The minimum absolute atomic E-state index is 0.175. The number of benzene rings is 1. The summed E-state index contributed by atoms with van der Waals surface area (Å²) in [5, 5.41) is 3.31. The number of hydrogen-bond donors (Lipinski definition) is 1. The highest BCUT2D eigenvalue weighted by molar-refractivity contribution is 5.56. The van der Waals surface area contributed by atoms with Crippen molar-refractivity contribution in [3.05, 3.63) is 36.0 Å². The zero-order chi connectivity index (χ0) is 17.8. The number of aryl methyl sites for hydroxylation is 1. The molecule has 5 heteroatoms. The van der Waals surface area contributed by atoms with E-state index in [9.17, 15) is 0 Å². The average molecular weight is 340 g/mol. The number of nitrogens with one attached hydrogen (secondary N) is 1. The molecule has 0 radical (unpaired) electrons. The second-order valence-electron chi connectivity index (χ2n) is 7.18. The molecule has 1 aromatic heterocycles. The van der Waals surface area contributed by atoms with E-state index in [1.807, 2.05) is 45.0 Å². The third-order valence-electron chi connectivity index (χ3n) is 4.43. The van der Waals surface area contributed by atoms with Gasteiger partial charge in [-0.05, 0) is 63.8 Å². The fraction of sp³-hybridized carbons (Fsp3) is 0.500. The van der Waals surface area contributed by atoms with Crippen molar-refractivity contribution < 1.29 is 4.74 Å². The van der Waals surface area contributed by atoms with Crippen molar-refractivity contribution >= 4 is 17.5 Å². The Bertz CT molecular complexity index is 691. The van der Waals surface area contributed by atoms with Crippen LogP contribution < -0.4 is 15.0 Å². The van der Waals surface area contributed by atoms with Gasteiger partial charge in [-0.15, -0.1) is 0 Å². The summed E-state index contributed by atoms with van der Waals surface area (Å²) >= 11 is 0. The van der Waals surface area contributed by atoms with Gasteiger partial charge in [-0.1, -0.05) is 6.92 Å². The van der Waals surface area contributed by atoms with Gasteiger partial charge < -0.3 is 15.0 Å². The van der Waals surface area contributed by atoms with Crippen molar-refractivity contribution in [3.63, 3.8) is 0 Å². The van der Waals surface area contributed by atoms with E-state index in [-0.39, 0.29) is 6.10 Å². The first-order valence-electron chi connectivity index (χ1n) is 9.14. The van der Waals surface area contributed by atoms with E-state index >= 15 is 0 Å². The van der Waals surface area contributed by atoms with Crippen molar-refractivity contribution in [1.82, 2.24) is 9.97 Å². The molecule has 2 heterocycles. The van der Waals surface area contributed by atoms with Crippen LogP contribution in [0.4, 0.5) is 17.5 Å². The smallest absolute Gasteiger partial charge is 0.229 e. The van der Waals surface area contributed by atoms with E-state index in [1.54, 1.807) is 0 Å². The first kappa shape index (κ1) is 17.5. The lowest BCUT2D eigenvalue weighted by Crippen LogP contribution is -2.33. The van der Waals surface area contributed by atoms with Crippen LogP contribution in [0, 0.1) is 12.8 Å². The van der Waals surface area contributed by atoms with Crippen LogP contribution in [0.5, 0.6) is 5.75 Å². The minimum Gasteiger partial charge on any atom is -0.491 e. The molecule has 0 bridgehead atoms. The summed E-state index contributed by atoms with van der Waals surface area (Å²) in [6.07, 6.45) is 2.63. The van der Waals surface area contributed by atoms with E-state index < -0.39 is 0 Å². The Kier molecular flexibility index (Phi) is 5.41. The molecule has 3 rings (SSSR count).